The maximum Gasteiger partial charge on any atom is 0.133 e. The molecule has 1 heterocycles. The van der Waals surface area contributed by atoms with Crippen molar-refractivity contribution >= 4 is 38.4 Å². The van der Waals surface area contributed by atoms with E-state index in [1.165, 1.54) is 0 Å². The number of nitrogens with one attached hydrogen (secondary N) is 1. The van der Waals surface area contributed by atoms with Gasteiger partial charge in [-0.15, -0.1) is 0 Å². The molecule has 1 aromatic heterocycles. The summed E-state index contributed by atoms with van der Waals surface area (Å²) in [5.41, 5.74) is 2.05. The summed E-state index contributed by atoms with van der Waals surface area (Å²) in [7, 11) is 0. The van der Waals surface area contributed by atoms with Gasteiger partial charge in [0, 0.05) is 4.47 Å². The smallest absolute Gasteiger partial charge is 0.133 e. The molecule has 0 saturated carbocycles. The van der Waals surface area contributed by atoms with E-state index < -0.39 is 0 Å². The van der Waals surface area contributed by atoms with Crippen LogP contribution < -0.4 is 0 Å². The van der Waals surface area contributed by atoms with E-state index in [0.29, 0.717) is 5.15 Å². The Labute approximate surface area is 83.0 Å². The highest BCUT2D eigenvalue weighted by molar-refractivity contribution is 9.10. The molecular formula is C8H6BrClN2. The number of hydrogen-bond donors (Lipinski definition) is 1. The number of nitrogens with zero attached hydrogens (tertiary/aromatic N) is 1. The van der Waals surface area contributed by atoms with E-state index in [2.05, 4.69) is 26.1 Å². The highest BCUT2D eigenvalue weighted by atomic mass is 79.9. The summed E-state index contributed by atoms with van der Waals surface area (Å²) in [6.07, 6.45) is 0. The van der Waals surface area contributed by atoms with Crippen LogP contribution in [0.15, 0.2) is 16.6 Å². The molecule has 0 radical (unpaired) electrons. The summed E-state index contributed by atoms with van der Waals surface area (Å²) in [6.45, 7) is 2.01. The van der Waals surface area contributed by atoms with Crippen molar-refractivity contribution in [3.63, 3.8) is 0 Å². The minimum atomic E-state index is 0.584. The first-order valence-corrected chi connectivity index (χ1v) is 4.66. The van der Waals surface area contributed by atoms with Crippen LogP contribution >= 0.6 is 27.5 Å². The van der Waals surface area contributed by atoms with Gasteiger partial charge in [0.1, 0.15) is 5.15 Å². The van der Waals surface area contributed by atoms with Crippen LogP contribution in [0.3, 0.4) is 0 Å². The zero-order valence-corrected chi connectivity index (χ0v) is 8.70. The predicted molar refractivity (Wildman–Crippen MR) is 53.5 cm³/mol. The molecule has 4 heteroatoms. The lowest BCUT2D eigenvalue weighted by Gasteiger charge is -1.95. The predicted octanol–water partition coefficient (Wildman–Crippen LogP) is 3.29. The van der Waals surface area contributed by atoms with Crippen LogP contribution in [0.25, 0.3) is 10.9 Å². The summed E-state index contributed by atoms with van der Waals surface area (Å²) in [5.74, 6) is 0. The van der Waals surface area contributed by atoms with Crippen molar-refractivity contribution in [3.8, 4) is 0 Å². The Morgan fingerprint density at radius 3 is 2.92 bits per heavy atom. The Morgan fingerprint density at radius 2 is 2.25 bits per heavy atom. The molecule has 2 rings (SSSR count). The molecule has 62 valence electrons. The zero-order chi connectivity index (χ0) is 8.72. The monoisotopic (exact) mass is 244 g/mol. The van der Waals surface area contributed by atoms with Gasteiger partial charge >= 0.3 is 0 Å². The number of aromatic nitrogens is 2. The third-order valence-corrected chi connectivity index (χ3v) is 2.75. The normalized spacial score (nSPS) is 10.9. The Hall–Kier alpha value is -0.540. The Kier molecular flexibility index (Phi) is 1.85. The number of rotatable bonds is 0. The number of hydrogen-bond acceptors (Lipinski definition) is 1. The number of H-pyrrole nitrogens is 1. The lowest BCUT2D eigenvalue weighted by molar-refractivity contribution is 1.11. The highest BCUT2D eigenvalue weighted by Gasteiger charge is 2.08. The summed E-state index contributed by atoms with van der Waals surface area (Å²) in [5, 5.41) is 8.37. The van der Waals surface area contributed by atoms with Crippen LogP contribution in [0.4, 0.5) is 0 Å². The van der Waals surface area contributed by atoms with Crippen LogP contribution in [0.5, 0.6) is 0 Å². The Balaban J connectivity index is 2.98. The van der Waals surface area contributed by atoms with Gasteiger partial charge in [0.25, 0.3) is 0 Å². The van der Waals surface area contributed by atoms with Crippen LogP contribution in [-0.4, -0.2) is 10.2 Å². The molecule has 12 heavy (non-hydrogen) atoms. The van der Waals surface area contributed by atoms with Gasteiger partial charge in [-0.05, 0) is 34.5 Å². The second-order valence-corrected chi connectivity index (χ2v) is 3.86. The van der Waals surface area contributed by atoms with Gasteiger partial charge < -0.3 is 0 Å². The van der Waals surface area contributed by atoms with Crippen molar-refractivity contribution in [3.05, 3.63) is 27.3 Å². The standard InChI is InChI=1S/C8H6BrClN2/c1-4-2-3-5(9)6-7(4)11-12-8(6)10/h2-3H,1H3,(H,11,12). The number of halogens is 2. The summed E-state index contributed by atoms with van der Waals surface area (Å²) < 4.78 is 0.974. The summed E-state index contributed by atoms with van der Waals surface area (Å²) in [4.78, 5) is 0. The van der Waals surface area contributed by atoms with Crippen molar-refractivity contribution in [1.82, 2.24) is 10.2 Å². The molecule has 0 saturated heterocycles. The molecule has 0 aliphatic carbocycles. The topological polar surface area (TPSA) is 28.7 Å². The minimum Gasteiger partial charge on any atom is -0.266 e. The van der Waals surface area contributed by atoms with Crippen molar-refractivity contribution < 1.29 is 0 Å². The molecule has 0 fully saturated rings. The van der Waals surface area contributed by atoms with Gasteiger partial charge in [-0.2, -0.15) is 5.10 Å². The molecule has 0 unspecified atom stereocenters. The van der Waals surface area contributed by atoms with E-state index in [0.717, 1.165) is 20.9 Å². The van der Waals surface area contributed by atoms with Gasteiger partial charge in [0.2, 0.25) is 0 Å². The number of aryl methyl sites for hydroxylation is 1. The van der Waals surface area contributed by atoms with Crippen molar-refractivity contribution in [2.24, 2.45) is 0 Å². The third-order valence-electron chi connectivity index (χ3n) is 1.81. The Morgan fingerprint density at radius 1 is 1.50 bits per heavy atom. The zero-order valence-electron chi connectivity index (χ0n) is 6.36. The van der Waals surface area contributed by atoms with Gasteiger partial charge in [-0.25, -0.2) is 0 Å². The van der Waals surface area contributed by atoms with Crippen LogP contribution in [-0.2, 0) is 0 Å². The molecule has 2 nitrogen and oxygen atoms in total. The molecule has 1 N–H and O–H groups in total. The fraction of sp³-hybridized carbons (Fsp3) is 0.125. The molecule has 0 aliphatic rings. The average Bonchev–Trinajstić information content (AvgIpc) is 2.42. The van der Waals surface area contributed by atoms with E-state index in [4.69, 9.17) is 11.6 Å². The van der Waals surface area contributed by atoms with E-state index in [9.17, 15) is 0 Å². The molecule has 0 bridgehead atoms. The second kappa shape index (κ2) is 2.75. The van der Waals surface area contributed by atoms with E-state index >= 15 is 0 Å². The first kappa shape index (κ1) is 8.08. The fourth-order valence-corrected chi connectivity index (χ4v) is 2.05. The molecule has 0 atom stereocenters. The number of fused-ring (bicyclic) bond motifs is 1. The van der Waals surface area contributed by atoms with E-state index in [1.807, 2.05) is 19.1 Å². The van der Waals surface area contributed by atoms with Gasteiger partial charge in [0.05, 0.1) is 10.9 Å². The van der Waals surface area contributed by atoms with Gasteiger partial charge in [-0.3, -0.25) is 5.10 Å². The highest BCUT2D eigenvalue weighted by Crippen LogP contribution is 2.30. The number of aromatic amines is 1. The lowest BCUT2D eigenvalue weighted by atomic mass is 10.2. The molecule has 0 spiro atoms. The second-order valence-electron chi connectivity index (χ2n) is 2.63. The molecule has 0 aliphatic heterocycles. The summed E-state index contributed by atoms with van der Waals surface area (Å²) >= 11 is 9.32. The van der Waals surface area contributed by atoms with Crippen LogP contribution in [0.1, 0.15) is 5.56 Å². The largest absolute Gasteiger partial charge is 0.266 e. The van der Waals surface area contributed by atoms with E-state index in [1.54, 1.807) is 0 Å². The first-order chi connectivity index (χ1) is 5.70. The van der Waals surface area contributed by atoms with Crippen molar-refractivity contribution in [2.75, 3.05) is 0 Å². The van der Waals surface area contributed by atoms with Crippen molar-refractivity contribution in [1.29, 1.82) is 0 Å². The maximum atomic E-state index is 5.90. The average molecular weight is 246 g/mol. The molecular weight excluding hydrogens is 239 g/mol. The van der Waals surface area contributed by atoms with Gasteiger partial charge in [-0.1, -0.05) is 17.7 Å². The van der Waals surface area contributed by atoms with E-state index in [-0.39, 0.29) is 0 Å². The SMILES string of the molecule is Cc1ccc(Br)c2c(Cl)[nH]nc12. The van der Waals surface area contributed by atoms with Crippen LogP contribution in [0, 0.1) is 6.92 Å². The molecule has 2 aromatic rings. The quantitative estimate of drug-likeness (QED) is 0.758. The summed E-state index contributed by atoms with van der Waals surface area (Å²) in [6, 6.07) is 3.97. The molecule has 1 aromatic carbocycles. The minimum absolute atomic E-state index is 0.584. The van der Waals surface area contributed by atoms with Crippen molar-refractivity contribution in [2.45, 2.75) is 6.92 Å². The first-order valence-electron chi connectivity index (χ1n) is 3.49. The van der Waals surface area contributed by atoms with Gasteiger partial charge in [0.15, 0.2) is 0 Å². The maximum absolute atomic E-state index is 5.90. The van der Waals surface area contributed by atoms with Crippen LogP contribution in [0.2, 0.25) is 5.15 Å². The fourth-order valence-electron chi connectivity index (χ4n) is 1.18. The number of benzene rings is 1. The molecule has 0 amide bonds. The third kappa shape index (κ3) is 1.04. The Bertz CT molecular complexity index is 436. The lowest BCUT2D eigenvalue weighted by Crippen LogP contribution is -1.76.